The molecule has 1 saturated heterocycles. The van der Waals surface area contributed by atoms with E-state index < -0.39 is 0 Å². The second-order valence-electron chi connectivity index (χ2n) is 3.85. The van der Waals surface area contributed by atoms with Gasteiger partial charge in [-0.3, -0.25) is 0 Å². The number of thiocarbonyl (C=S) groups is 1. The molecule has 2 aliphatic rings. The smallest absolute Gasteiger partial charge is 0.185 e. The molecule has 2 atom stereocenters. The topological polar surface area (TPSA) is 12.5 Å². The van der Waals surface area contributed by atoms with Crippen molar-refractivity contribution in [2.45, 2.75) is 17.9 Å². The highest BCUT2D eigenvalue weighted by Gasteiger charge is 2.41. The SMILES string of the molecule is CN1C(=S)S[C@H]2Cc3ccccc3O[C@H]21. The van der Waals surface area contributed by atoms with Crippen LogP contribution in [0.4, 0.5) is 0 Å². The van der Waals surface area contributed by atoms with Crippen molar-refractivity contribution in [3.63, 3.8) is 0 Å². The molecular weight excluding hydrogens is 226 g/mol. The molecule has 78 valence electrons. The highest BCUT2D eigenvalue weighted by Crippen LogP contribution is 2.39. The van der Waals surface area contributed by atoms with Crippen molar-refractivity contribution >= 4 is 28.3 Å². The van der Waals surface area contributed by atoms with Crippen molar-refractivity contribution < 1.29 is 4.74 Å². The second kappa shape index (κ2) is 3.39. The molecule has 0 radical (unpaired) electrons. The summed E-state index contributed by atoms with van der Waals surface area (Å²) in [4.78, 5) is 2.06. The average molecular weight is 237 g/mol. The molecular formula is C11H11NOS2. The zero-order valence-electron chi connectivity index (χ0n) is 8.34. The molecule has 0 amide bonds. The molecule has 2 aliphatic heterocycles. The van der Waals surface area contributed by atoms with E-state index in [1.807, 2.05) is 19.2 Å². The molecule has 15 heavy (non-hydrogen) atoms. The summed E-state index contributed by atoms with van der Waals surface area (Å²) in [6.45, 7) is 0. The summed E-state index contributed by atoms with van der Waals surface area (Å²) in [7, 11) is 2.01. The van der Waals surface area contributed by atoms with E-state index >= 15 is 0 Å². The number of ether oxygens (including phenoxy) is 1. The van der Waals surface area contributed by atoms with E-state index in [1.165, 1.54) is 5.56 Å². The number of rotatable bonds is 0. The summed E-state index contributed by atoms with van der Waals surface area (Å²) in [5.74, 6) is 1.01. The van der Waals surface area contributed by atoms with Crippen LogP contribution < -0.4 is 4.74 Å². The summed E-state index contributed by atoms with van der Waals surface area (Å²) in [6.07, 6.45) is 1.17. The van der Waals surface area contributed by atoms with E-state index in [0.717, 1.165) is 16.5 Å². The summed E-state index contributed by atoms with van der Waals surface area (Å²) in [5, 5.41) is 0.456. The maximum atomic E-state index is 5.96. The van der Waals surface area contributed by atoms with Crippen LogP contribution in [0.3, 0.4) is 0 Å². The van der Waals surface area contributed by atoms with Gasteiger partial charge in [-0.15, -0.1) is 0 Å². The Hall–Kier alpha value is -0.740. The summed E-state index contributed by atoms with van der Waals surface area (Å²) < 4.78 is 6.90. The molecule has 3 rings (SSSR count). The van der Waals surface area contributed by atoms with Crippen LogP contribution in [0.2, 0.25) is 0 Å². The van der Waals surface area contributed by atoms with Gasteiger partial charge in [0.2, 0.25) is 0 Å². The third-order valence-corrected chi connectivity index (χ3v) is 4.65. The molecule has 0 aromatic heterocycles. The monoisotopic (exact) mass is 237 g/mol. The van der Waals surface area contributed by atoms with Crippen molar-refractivity contribution in [1.82, 2.24) is 4.90 Å². The normalized spacial score (nSPS) is 28.3. The van der Waals surface area contributed by atoms with Crippen LogP contribution in [0.1, 0.15) is 5.56 Å². The van der Waals surface area contributed by atoms with Crippen molar-refractivity contribution in [3.05, 3.63) is 29.8 Å². The summed E-state index contributed by atoms with van der Waals surface area (Å²) in [5.41, 5.74) is 1.30. The minimum absolute atomic E-state index is 0.123. The predicted molar refractivity (Wildman–Crippen MR) is 66.3 cm³/mol. The van der Waals surface area contributed by atoms with Gasteiger partial charge in [-0.05, 0) is 18.1 Å². The molecule has 0 bridgehead atoms. The van der Waals surface area contributed by atoms with E-state index in [2.05, 4.69) is 17.0 Å². The molecule has 4 heteroatoms. The third-order valence-electron chi connectivity index (χ3n) is 2.88. The second-order valence-corrected chi connectivity index (χ2v) is 5.73. The van der Waals surface area contributed by atoms with Gasteiger partial charge < -0.3 is 9.64 Å². The Kier molecular flexibility index (Phi) is 2.14. The molecule has 2 heterocycles. The first kappa shape index (κ1) is 9.48. The number of para-hydroxylation sites is 1. The van der Waals surface area contributed by atoms with Crippen LogP contribution in [0.5, 0.6) is 5.75 Å². The van der Waals surface area contributed by atoms with E-state index in [0.29, 0.717) is 5.25 Å². The minimum atomic E-state index is 0.123. The molecule has 0 unspecified atom stereocenters. The Bertz CT molecular complexity index is 421. The first-order chi connectivity index (χ1) is 7.25. The highest BCUT2D eigenvalue weighted by molar-refractivity contribution is 8.23. The average Bonchev–Trinajstić information content (AvgIpc) is 2.52. The molecule has 0 saturated carbocycles. The first-order valence-corrected chi connectivity index (χ1v) is 6.22. The molecule has 1 fully saturated rings. The van der Waals surface area contributed by atoms with Gasteiger partial charge in [0.05, 0.1) is 5.25 Å². The molecule has 0 N–H and O–H groups in total. The molecule has 2 nitrogen and oxygen atoms in total. The van der Waals surface area contributed by atoms with Crippen LogP contribution in [0.15, 0.2) is 24.3 Å². The van der Waals surface area contributed by atoms with Gasteiger partial charge >= 0.3 is 0 Å². The van der Waals surface area contributed by atoms with Gasteiger partial charge in [-0.1, -0.05) is 42.2 Å². The number of benzene rings is 1. The number of hydrogen-bond donors (Lipinski definition) is 0. The van der Waals surface area contributed by atoms with Crippen LogP contribution in [0, 0.1) is 0 Å². The number of thioether (sulfide) groups is 1. The summed E-state index contributed by atoms with van der Waals surface area (Å²) in [6, 6.07) is 8.24. The third kappa shape index (κ3) is 1.43. The van der Waals surface area contributed by atoms with Gasteiger partial charge in [-0.2, -0.15) is 0 Å². The number of fused-ring (bicyclic) bond motifs is 2. The lowest BCUT2D eigenvalue weighted by Gasteiger charge is -2.30. The maximum Gasteiger partial charge on any atom is 0.185 e. The van der Waals surface area contributed by atoms with Crippen LogP contribution in [-0.2, 0) is 6.42 Å². The maximum absolute atomic E-state index is 5.96. The van der Waals surface area contributed by atoms with Crippen molar-refractivity contribution in [1.29, 1.82) is 0 Å². The quantitative estimate of drug-likeness (QED) is 0.641. The fourth-order valence-electron chi connectivity index (χ4n) is 2.06. The fourth-order valence-corrected chi connectivity index (χ4v) is 3.68. The van der Waals surface area contributed by atoms with Crippen LogP contribution in [-0.4, -0.2) is 27.7 Å². The highest BCUT2D eigenvalue weighted by atomic mass is 32.2. The number of nitrogens with zero attached hydrogens (tertiary/aromatic N) is 1. The summed E-state index contributed by atoms with van der Waals surface area (Å²) >= 11 is 7.03. The molecule has 1 aromatic rings. The zero-order valence-corrected chi connectivity index (χ0v) is 9.98. The number of hydrogen-bond acceptors (Lipinski definition) is 3. The zero-order chi connectivity index (χ0) is 10.4. The standard InChI is InChI=1S/C11H11NOS2/c1-12-10-9(15-11(12)14)6-7-4-2-3-5-8(7)13-10/h2-5,9-10H,6H2,1H3/t9-,10+/m0/s1. The van der Waals surface area contributed by atoms with Gasteiger partial charge in [0.1, 0.15) is 10.1 Å². The van der Waals surface area contributed by atoms with E-state index in [1.54, 1.807) is 11.8 Å². The lowest BCUT2D eigenvalue weighted by atomic mass is 10.0. The Morgan fingerprint density at radius 2 is 2.27 bits per heavy atom. The van der Waals surface area contributed by atoms with Crippen molar-refractivity contribution in [3.8, 4) is 5.75 Å². The fraction of sp³-hybridized carbons (Fsp3) is 0.364. The first-order valence-electron chi connectivity index (χ1n) is 4.94. The molecule has 1 aromatic carbocycles. The molecule has 0 spiro atoms. The minimum Gasteiger partial charge on any atom is -0.469 e. The van der Waals surface area contributed by atoms with Crippen LogP contribution in [0.25, 0.3) is 0 Å². The predicted octanol–water partition coefficient (Wildman–Crippen LogP) is 2.28. The van der Waals surface area contributed by atoms with Crippen molar-refractivity contribution in [2.24, 2.45) is 0 Å². The lowest BCUT2D eigenvalue weighted by molar-refractivity contribution is 0.0896. The Labute approximate surface area is 98.6 Å². The van der Waals surface area contributed by atoms with Gasteiger partial charge in [0.15, 0.2) is 6.23 Å². The van der Waals surface area contributed by atoms with Gasteiger partial charge in [0, 0.05) is 7.05 Å². The lowest BCUT2D eigenvalue weighted by Crippen LogP contribution is -2.41. The van der Waals surface area contributed by atoms with Gasteiger partial charge in [-0.25, -0.2) is 0 Å². The van der Waals surface area contributed by atoms with E-state index in [4.69, 9.17) is 17.0 Å². The molecule has 0 aliphatic carbocycles. The Balaban J connectivity index is 1.96. The van der Waals surface area contributed by atoms with Crippen molar-refractivity contribution in [2.75, 3.05) is 7.05 Å². The largest absolute Gasteiger partial charge is 0.469 e. The Morgan fingerprint density at radius 1 is 1.47 bits per heavy atom. The van der Waals surface area contributed by atoms with Gasteiger partial charge in [0.25, 0.3) is 0 Å². The van der Waals surface area contributed by atoms with E-state index in [-0.39, 0.29) is 6.23 Å². The van der Waals surface area contributed by atoms with Crippen LogP contribution >= 0.6 is 24.0 Å². The van der Waals surface area contributed by atoms with E-state index in [9.17, 15) is 0 Å². The Morgan fingerprint density at radius 3 is 3.13 bits per heavy atom.